The van der Waals surface area contributed by atoms with Gasteiger partial charge in [0.2, 0.25) is 0 Å². The molecule has 4 rings (SSSR count). The molecule has 0 N–H and O–H groups in total. The number of ether oxygens (including phenoxy) is 1. The first-order valence-electron chi connectivity index (χ1n) is 9.55. The first-order chi connectivity index (χ1) is 14.7. The quantitative estimate of drug-likeness (QED) is 0.332. The summed E-state index contributed by atoms with van der Waals surface area (Å²) in [6.07, 6.45) is 2.63. The number of carboxylic acids is 1. The standard InChI is InChI=1S/C26H20O3S.Na/c27-26(28)17-14-20-10-4-5-11-21(20)24-15-16-25(30-24)22-12-6-7-13-23(22)29-18-19-8-2-1-3-9-19;/h1-17H,18H2,(H,27,28);/q;+1/p-1/b17-14+;. The van der Waals surface area contributed by atoms with Crippen molar-refractivity contribution < 1.29 is 44.2 Å². The van der Waals surface area contributed by atoms with Crippen molar-refractivity contribution in [3.63, 3.8) is 0 Å². The van der Waals surface area contributed by atoms with Crippen molar-refractivity contribution in [1.29, 1.82) is 0 Å². The number of hydrogen-bond acceptors (Lipinski definition) is 4. The maximum absolute atomic E-state index is 10.8. The third-order valence-corrected chi connectivity index (χ3v) is 5.77. The third kappa shape index (κ3) is 5.96. The van der Waals surface area contributed by atoms with Crippen molar-refractivity contribution >= 4 is 23.4 Å². The Morgan fingerprint density at radius 3 is 2.16 bits per heavy atom. The van der Waals surface area contributed by atoms with Gasteiger partial charge in [-0.1, -0.05) is 72.8 Å². The van der Waals surface area contributed by atoms with Gasteiger partial charge in [0.25, 0.3) is 0 Å². The van der Waals surface area contributed by atoms with Crippen molar-refractivity contribution in [2.75, 3.05) is 0 Å². The molecule has 4 aromatic rings. The molecule has 3 aromatic carbocycles. The third-order valence-electron chi connectivity index (χ3n) is 4.62. The van der Waals surface area contributed by atoms with Crippen molar-refractivity contribution in [3.8, 4) is 26.6 Å². The summed E-state index contributed by atoms with van der Waals surface area (Å²) in [7, 11) is 0. The fourth-order valence-corrected chi connectivity index (χ4v) is 4.27. The van der Waals surface area contributed by atoms with Crippen molar-refractivity contribution in [1.82, 2.24) is 0 Å². The van der Waals surface area contributed by atoms with E-state index in [1.807, 2.05) is 72.8 Å². The summed E-state index contributed by atoms with van der Waals surface area (Å²) in [5.41, 5.74) is 3.97. The van der Waals surface area contributed by atoms with Crippen LogP contribution >= 0.6 is 11.3 Å². The second-order valence-corrected chi connectivity index (χ2v) is 7.76. The van der Waals surface area contributed by atoms with Gasteiger partial charge in [0.15, 0.2) is 0 Å². The van der Waals surface area contributed by atoms with Crippen LogP contribution in [0.25, 0.3) is 27.0 Å². The monoisotopic (exact) mass is 434 g/mol. The molecule has 1 aromatic heterocycles. The molecule has 0 amide bonds. The minimum Gasteiger partial charge on any atom is -0.545 e. The van der Waals surface area contributed by atoms with Gasteiger partial charge < -0.3 is 14.6 Å². The molecule has 1 heterocycles. The molecule has 3 nitrogen and oxygen atoms in total. The summed E-state index contributed by atoms with van der Waals surface area (Å²) in [5.74, 6) is -0.374. The number of carbonyl (C=O) groups is 1. The first kappa shape index (κ1) is 23.0. The van der Waals surface area contributed by atoms with E-state index in [0.29, 0.717) is 6.61 Å². The average Bonchev–Trinajstić information content (AvgIpc) is 3.27. The predicted molar refractivity (Wildman–Crippen MR) is 120 cm³/mol. The van der Waals surface area contributed by atoms with Gasteiger partial charge in [-0.15, -0.1) is 11.3 Å². The molecule has 0 aliphatic carbocycles. The van der Waals surface area contributed by atoms with Crippen LogP contribution in [0.3, 0.4) is 0 Å². The molecule has 0 saturated carbocycles. The van der Waals surface area contributed by atoms with Gasteiger partial charge in [0.05, 0.1) is 5.97 Å². The predicted octanol–water partition coefficient (Wildman–Crippen LogP) is 2.43. The Hall–Kier alpha value is -2.63. The molecule has 31 heavy (non-hydrogen) atoms. The minimum atomic E-state index is -1.21. The zero-order chi connectivity index (χ0) is 20.8. The smallest absolute Gasteiger partial charge is 0.545 e. The SMILES string of the molecule is O=C([O-])/C=C/c1ccccc1-c1ccc(-c2ccccc2OCc2ccccc2)s1.[Na+]. The van der Waals surface area contributed by atoms with Crippen LogP contribution in [-0.4, -0.2) is 5.97 Å². The van der Waals surface area contributed by atoms with Gasteiger partial charge in [-0.25, -0.2) is 0 Å². The summed E-state index contributed by atoms with van der Waals surface area (Å²) in [5, 5.41) is 10.8. The van der Waals surface area contributed by atoms with E-state index in [-0.39, 0.29) is 29.6 Å². The Bertz CT molecular complexity index is 1180. The summed E-state index contributed by atoms with van der Waals surface area (Å²) in [4.78, 5) is 12.9. The summed E-state index contributed by atoms with van der Waals surface area (Å²) >= 11 is 1.65. The van der Waals surface area contributed by atoms with Crippen LogP contribution in [0.15, 0.2) is 97.1 Å². The number of hydrogen-bond donors (Lipinski definition) is 0. The number of para-hydroxylation sites is 1. The molecule has 0 aliphatic rings. The topological polar surface area (TPSA) is 49.4 Å². The molecule has 0 atom stereocenters. The van der Waals surface area contributed by atoms with Crippen LogP contribution in [0.1, 0.15) is 11.1 Å². The zero-order valence-corrected chi connectivity index (χ0v) is 20.0. The Labute approximate surface area is 207 Å². The molecular weight excluding hydrogens is 415 g/mol. The maximum atomic E-state index is 10.8. The average molecular weight is 434 g/mol. The van der Waals surface area contributed by atoms with Gasteiger partial charge in [0, 0.05) is 15.3 Å². The number of rotatable bonds is 7. The molecule has 0 bridgehead atoms. The number of benzene rings is 3. The van der Waals surface area contributed by atoms with Gasteiger partial charge in [0.1, 0.15) is 12.4 Å². The van der Waals surface area contributed by atoms with Crippen molar-refractivity contribution in [2.45, 2.75) is 6.61 Å². The van der Waals surface area contributed by atoms with Gasteiger partial charge in [-0.3, -0.25) is 0 Å². The molecule has 0 spiro atoms. The van der Waals surface area contributed by atoms with Gasteiger partial charge in [-0.2, -0.15) is 0 Å². The Kier molecular flexibility index (Phi) is 8.27. The molecule has 0 unspecified atom stereocenters. The molecular formula is C26H19NaO3S. The zero-order valence-electron chi connectivity index (χ0n) is 17.2. The summed E-state index contributed by atoms with van der Waals surface area (Å²) < 4.78 is 6.10. The Morgan fingerprint density at radius 1 is 0.806 bits per heavy atom. The number of thiophene rings is 1. The second-order valence-electron chi connectivity index (χ2n) is 6.67. The van der Waals surface area contributed by atoms with Crippen molar-refractivity contribution in [2.24, 2.45) is 0 Å². The summed E-state index contributed by atoms with van der Waals surface area (Å²) in [6, 6.07) is 29.9. The molecule has 148 valence electrons. The van der Waals surface area contributed by atoms with Crippen LogP contribution in [0.5, 0.6) is 5.75 Å². The minimum absolute atomic E-state index is 0. The van der Waals surface area contributed by atoms with Crippen LogP contribution in [0.2, 0.25) is 0 Å². The Balaban J connectivity index is 0.00000272. The van der Waals surface area contributed by atoms with E-state index >= 15 is 0 Å². The van der Waals surface area contributed by atoms with E-state index in [2.05, 4.69) is 18.2 Å². The van der Waals surface area contributed by atoms with E-state index in [4.69, 9.17) is 4.74 Å². The van der Waals surface area contributed by atoms with E-state index in [0.717, 1.165) is 43.8 Å². The normalized spacial score (nSPS) is 10.6. The first-order valence-corrected chi connectivity index (χ1v) is 10.4. The maximum Gasteiger partial charge on any atom is 1.00 e. The van der Waals surface area contributed by atoms with E-state index in [1.54, 1.807) is 17.4 Å². The Morgan fingerprint density at radius 2 is 1.42 bits per heavy atom. The van der Waals surface area contributed by atoms with Gasteiger partial charge >= 0.3 is 29.6 Å². The van der Waals surface area contributed by atoms with E-state index < -0.39 is 5.97 Å². The second kappa shape index (κ2) is 11.1. The van der Waals surface area contributed by atoms with Crippen molar-refractivity contribution in [3.05, 3.63) is 108 Å². The molecule has 0 radical (unpaired) electrons. The van der Waals surface area contributed by atoms with Crippen LogP contribution in [0.4, 0.5) is 0 Å². The van der Waals surface area contributed by atoms with E-state index in [1.165, 1.54) is 0 Å². The van der Waals surface area contributed by atoms with Crippen LogP contribution in [0, 0.1) is 0 Å². The molecule has 0 aliphatic heterocycles. The van der Waals surface area contributed by atoms with E-state index in [9.17, 15) is 9.90 Å². The van der Waals surface area contributed by atoms with Crippen LogP contribution in [-0.2, 0) is 11.4 Å². The van der Waals surface area contributed by atoms with Gasteiger partial charge in [-0.05, 0) is 47.0 Å². The fourth-order valence-electron chi connectivity index (χ4n) is 3.18. The summed E-state index contributed by atoms with van der Waals surface area (Å²) in [6.45, 7) is 0.507. The molecule has 5 heteroatoms. The number of aliphatic carboxylic acids is 1. The number of carbonyl (C=O) groups excluding carboxylic acids is 1. The largest absolute Gasteiger partial charge is 1.00 e. The molecule has 0 saturated heterocycles. The van der Waals surface area contributed by atoms with Crippen LogP contribution < -0.4 is 39.4 Å². The number of carboxylic acid groups (broad SMARTS) is 1. The molecule has 0 fully saturated rings. The fraction of sp³-hybridized carbons (Fsp3) is 0.0385.